The van der Waals surface area contributed by atoms with Crippen molar-refractivity contribution >= 4 is 11.9 Å². The maximum atomic E-state index is 12.7. The van der Waals surface area contributed by atoms with Crippen molar-refractivity contribution in [1.29, 1.82) is 0 Å². The first kappa shape index (κ1) is 22.3. The Bertz CT molecular complexity index is 717. The van der Waals surface area contributed by atoms with Crippen LogP contribution in [0.5, 0.6) is 0 Å². The van der Waals surface area contributed by atoms with E-state index >= 15 is 0 Å². The van der Waals surface area contributed by atoms with Gasteiger partial charge in [-0.25, -0.2) is 4.98 Å². The van der Waals surface area contributed by atoms with Gasteiger partial charge in [0, 0.05) is 57.5 Å². The fourth-order valence-electron chi connectivity index (χ4n) is 5.06. The van der Waals surface area contributed by atoms with Crippen LogP contribution in [0.15, 0.2) is 12.4 Å². The molecule has 2 saturated heterocycles. The average molecular weight is 433 g/mol. The van der Waals surface area contributed by atoms with Crippen molar-refractivity contribution in [2.45, 2.75) is 76.5 Å². The average Bonchev–Trinajstić information content (AvgIpc) is 3.25. The molecule has 8 heteroatoms. The number of aromatic nitrogens is 2. The molecule has 172 valence electrons. The lowest BCUT2D eigenvalue weighted by Crippen LogP contribution is -2.50. The topological polar surface area (TPSA) is 76.9 Å². The van der Waals surface area contributed by atoms with E-state index in [0.717, 1.165) is 83.7 Å². The largest absolute Gasteiger partial charge is 0.461 e. The molecule has 0 aromatic carbocycles. The second-order valence-electron chi connectivity index (χ2n) is 8.98. The molecule has 1 saturated carbocycles. The number of piperidine rings is 1. The lowest BCUT2D eigenvalue weighted by molar-refractivity contribution is -0.151. The summed E-state index contributed by atoms with van der Waals surface area (Å²) in [5.41, 5.74) is 0. The molecule has 3 heterocycles. The summed E-state index contributed by atoms with van der Waals surface area (Å²) < 4.78 is 12.9. The molecule has 1 amide bonds. The molecule has 0 spiro atoms. The standard InChI is InChI=1S/C23H36N4O4/c28-22(26-11-8-19(9-12-26)25-14-16-30-17-15-25)7-6-21-24-10-13-27(21)18-23(29)31-20-4-2-1-3-5-20/h10,13,19-20H,1-9,11-12,14-18H2. The number of aryl methyl sites for hydroxylation is 1. The van der Waals surface area contributed by atoms with Crippen LogP contribution < -0.4 is 0 Å². The van der Waals surface area contributed by atoms with Crippen LogP contribution in [0.2, 0.25) is 0 Å². The van der Waals surface area contributed by atoms with Crippen molar-refractivity contribution in [3.05, 3.63) is 18.2 Å². The summed E-state index contributed by atoms with van der Waals surface area (Å²) in [7, 11) is 0. The molecule has 0 atom stereocenters. The molecule has 1 aromatic rings. The normalized spacial score (nSPS) is 21.9. The van der Waals surface area contributed by atoms with E-state index in [9.17, 15) is 9.59 Å². The number of amides is 1. The van der Waals surface area contributed by atoms with E-state index < -0.39 is 0 Å². The summed E-state index contributed by atoms with van der Waals surface area (Å²) in [5, 5.41) is 0. The first-order valence-corrected chi connectivity index (χ1v) is 12.0. The fraction of sp³-hybridized carbons (Fsp3) is 0.783. The highest BCUT2D eigenvalue weighted by Crippen LogP contribution is 2.21. The molecule has 4 rings (SSSR count). The van der Waals surface area contributed by atoms with Crippen molar-refractivity contribution in [2.75, 3.05) is 39.4 Å². The van der Waals surface area contributed by atoms with E-state index in [1.165, 1.54) is 6.42 Å². The van der Waals surface area contributed by atoms with E-state index in [0.29, 0.717) is 18.9 Å². The zero-order chi connectivity index (χ0) is 21.5. The van der Waals surface area contributed by atoms with Gasteiger partial charge in [0.2, 0.25) is 5.91 Å². The molecule has 1 aliphatic carbocycles. The number of carbonyl (C=O) groups excluding carboxylic acids is 2. The van der Waals surface area contributed by atoms with Crippen LogP contribution in [-0.4, -0.2) is 82.8 Å². The molecule has 1 aromatic heterocycles. The fourth-order valence-corrected chi connectivity index (χ4v) is 5.06. The number of imidazole rings is 1. The highest BCUT2D eigenvalue weighted by molar-refractivity contribution is 5.76. The van der Waals surface area contributed by atoms with E-state index in [1.54, 1.807) is 12.4 Å². The molecule has 0 unspecified atom stereocenters. The first-order chi connectivity index (χ1) is 15.2. The van der Waals surface area contributed by atoms with Gasteiger partial charge in [-0.3, -0.25) is 14.5 Å². The molecule has 0 radical (unpaired) electrons. The molecular formula is C23H36N4O4. The Morgan fingerprint density at radius 3 is 2.52 bits per heavy atom. The van der Waals surface area contributed by atoms with E-state index in [4.69, 9.17) is 9.47 Å². The Labute approximate surface area is 184 Å². The Hall–Kier alpha value is -1.93. The van der Waals surface area contributed by atoms with Crippen molar-refractivity contribution in [3.63, 3.8) is 0 Å². The van der Waals surface area contributed by atoms with Gasteiger partial charge >= 0.3 is 5.97 Å². The predicted molar refractivity (Wildman–Crippen MR) is 116 cm³/mol. The molecule has 3 aliphatic rings. The Morgan fingerprint density at radius 2 is 1.77 bits per heavy atom. The summed E-state index contributed by atoms with van der Waals surface area (Å²) in [5.74, 6) is 0.750. The Morgan fingerprint density at radius 1 is 1.03 bits per heavy atom. The highest BCUT2D eigenvalue weighted by Gasteiger charge is 2.28. The molecule has 8 nitrogen and oxygen atoms in total. The van der Waals surface area contributed by atoms with Gasteiger partial charge in [-0.05, 0) is 38.5 Å². The zero-order valence-corrected chi connectivity index (χ0v) is 18.5. The van der Waals surface area contributed by atoms with Crippen molar-refractivity contribution in [1.82, 2.24) is 19.4 Å². The maximum absolute atomic E-state index is 12.7. The third kappa shape index (κ3) is 6.29. The second-order valence-corrected chi connectivity index (χ2v) is 8.98. The van der Waals surface area contributed by atoms with E-state index in [1.807, 2.05) is 9.47 Å². The summed E-state index contributed by atoms with van der Waals surface area (Å²) in [4.78, 5) is 33.9. The van der Waals surface area contributed by atoms with Gasteiger partial charge in [0.25, 0.3) is 0 Å². The molecule has 3 fully saturated rings. The zero-order valence-electron chi connectivity index (χ0n) is 18.5. The molecule has 2 aliphatic heterocycles. The monoisotopic (exact) mass is 432 g/mol. The summed E-state index contributed by atoms with van der Waals surface area (Å²) in [6, 6.07) is 0.571. The number of esters is 1. The number of rotatable bonds is 7. The van der Waals surface area contributed by atoms with Gasteiger partial charge in [-0.1, -0.05) is 6.42 Å². The number of nitrogens with zero attached hydrogens (tertiary/aromatic N) is 4. The van der Waals surface area contributed by atoms with Crippen molar-refractivity contribution < 1.29 is 19.1 Å². The van der Waals surface area contributed by atoms with Gasteiger partial charge in [-0.2, -0.15) is 0 Å². The quantitative estimate of drug-likeness (QED) is 0.614. The number of hydrogen-bond acceptors (Lipinski definition) is 6. The van der Waals surface area contributed by atoms with Gasteiger partial charge in [0.05, 0.1) is 13.2 Å². The first-order valence-electron chi connectivity index (χ1n) is 12.0. The minimum atomic E-state index is -0.206. The van der Waals surface area contributed by atoms with Crippen LogP contribution >= 0.6 is 0 Å². The third-order valence-corrected chi connectivity index (χ3v) is 6.89. The van der Waals surface area contributed by atoms with E-state index in [2.05, 4.69) is 9.88 Å². The minimum absolute atomic E-state index is 0.0650. The van der Waals surface area contributed by atoms with Crippen LogP contribution in [0.4, 0.5) is 0 Å². The SMILES string of the molecule is O=C(Cn1ccnc1CCC(=O)N1CCC(N2CCOCC2)CC1)OC1CCCCC1. The lowest BCUT2D eigenvalue weighted by Gasteiger charge is -2.40. The van der Waals surface area contributed by atoms with Gasteiger partial charge in [0.15, 0.2) is 0 Å². The maximum Gasteiger partial charge on any atom is 0.326 e. The Kier molecular flexibility index (Phi) is 7.97. The van der Waals surface area contributed by atoms with Crippen molar-refractivity contribution in [2.24, 2.45) is 0 Å². The molecular weight excluding hydrogens is 396 g/mol. The number of hydrogen-bond donors (Lipinski definition) is 0. The van der Waals surface area contributed by atoms with Gasteiger partial charge in [0.1, 0.15) is 18.5 Å². The molecule has 0 bridgehead atoms. The summed E-state index contributed by atoms with van der Waals surface area (Å²) in [6.07, 6.45) is 12.1. The van der Waals surface area contributed by atoms with Gasteiger partial charge < -0.3 is 18.9 Å². The van der Waals surface area contributed by atoms with Crippen LogP contribution in [0, 0.1) is 0 Å². The summed E-state index contributed by atoms with van der Waals surface area (Å²) in [6.45, 7) is 5.46. The van der Waals surface area contributed by atoms with Crippen molar-refractivity contribution in [3.8, 4) is 0 Å². The number of ether oxygens (including phenoxy) is 2. The minimum Gasteiger partial charge on any atom is -0.461 e. The van der Waals surface area contributed by atoms with Crippen LogP contribution in [0.3, 0.4) is 0 Å². The number of carbonyl (C=O) groups is 2. The molecule has 0 N–H and O–H groups in total. The number of morpholine rings is 1. The predicted octanol–water partition coefficient (Wildman–Crippen LogP) is 2.01. The second kappa shape index (κ2) is 11.1. The highest BCUT2D eigenvalue weighted by atomic mass is 16.5. The smallest absolute Gasteiger partial charge is 0.326 e. The Balaban J connectivity index is 1.19. The van der Waals surface area contributed by atoms with E-state index in [-0.39, 0.29) is 24.5 Å². The van der Waals surface area contributed by atoms with Gasteiger partial charge in [-0.15, -0.1) is 0 Å². The molecule has 31 heavy (non-hydrogen) atoms. The lowest BCUT2D eigenvalue weighted by atomic mass is 9.98. The summed E-state index contributed by atoms with van der Waals surface area (Å²) >= 11 is 0. The van der Waals surface area contributed by atoms with Crippen LogP contribution in [0.1, 0.15) is 57.2 Å². The number of likely N-dealkylation sites (tertiary alicyclic amines) is 1. The van der Waals surface area contributed by atoms with Crippen LogP contribution in [-0.2, 0) is 32.0 Å². The third-order valence-electron chi connectivity index (χ3n) is 6.89. The van der Waals surface area contributed by atoms with Crippen LogP contribution in [0.25, 0.3) is 0 Å².